The van der Waals surface area contributed by atoms with E-state index in [1.54, 1.807) is 29.2 Å². The normalized spacial score (nSPS) is 19.1. The number of hydrogen-bond acceptors (Lipinski definition) is 5. The number of nitrogens with zero attached hydrogens (tertiary/aromatic N) is 3. The Hall–Kier alpha value is -2.85. The van der Waals surface area contributed by atoms with Gasteiger partial charge in [0.15, 0.2) is 5.16 Å². The topological polar surface area (TPSA) is 64.4 Å². The molecule has 2 aromatic carbocycles. The third kappa shape index (κ3) is 5.06. The lowest BCUT2D eigenvalue weighted by atomic mass is 10.2. The van der Waals surface area contributed by atoms with Crippen molar-refractivity contribution in [1.29, 1.82) is 0 Å². The highest BCUT2D eigenvalue weighted by atomic mass is 32.2. The van der Waals surface area contributed by atoms with E-state index in [0.29, 0.717) is 18.6 Å². The van der Waals surface area contributed by atoms with E-state index in [1.807, 2.05) is 13.8 Å². The summed E-state index contributed by atoms with van der Waals surface area (Å²) in [5.41, 5.74) is -0.919. The van der Waals surface area contributed by atoms with Gasteiger partial charge in [0.1, 0.15) is 0 Å². The van der Waals surface area contributed by atoms with Gasteiger partial charge in [-0.25, -0.2) is 4.98 Å². The summed E-state index contributed by atoms with van der Waals surface area (Å²) in [5, 5.41) is 0.433. The van der Waals surface area contributed by atoms with Crippen LogP contribution in [-0.2, 0) is 15.7 Å². The maximum absolute atomic E-state index is 13.3. The number of thioether (sulfide) groups is 1. The molecule has 0 aliphatic carbocycles. The Labute approximate surface area is 192 Å². The van der Waals surface area contributed by atoms with E-state index >= 15 is 0 Å². The van der Waals surface area contributed by atoms with Gasteiger partial charge < -0.3 is 9.64 Å². The summed E-state index contributed by atoms with van der Waals surface area (Å²) in [4.78, 5) is 32.3. The van der Waals surface area contributed by atoms with E-state index in [4.69, 9.17) is 4.74 Å². The second-order valence-corrected chi connectivity index (χ2v) is 8.89. The maximum Gasteiger partial charge on any atom is 0.416 e. The molecule has 1 aliphatic heterocycles. The summed E-state index contributed by atoms with van der Waals surface area (Å²) in [6, 6.07) is 11.1. The molecular formula is C23H22F3N3O3S. The molecule has 1 amide bonds. The van der Waals surface area contributed by atoms with Gasteiger partial charge in [-0.1, -0.05) is 30.0 Å². The van der Waals surface area contributed by atoms with Crippen molar-refractivity contribution in [1.82, 2.24) is 14.5 Å². The number of carbonyl (C=O) groups excluding carboxylic acids is 1. The molecule has 0 bridgehead atoms. The molecule has 3 aromatic rings. The number of amides is 1. The molecule has 1 aliphatic rings. The Kier molecular flexibility index (Phi) is 6.49. The minimum Gasteiger partial charge on any atom is -0.372 e. The van der Waals surface area contributed by atoms with Crippen molar-refractivity contribution in [2.75, 3.05) is 18.8 Å². The van der Waals surface area contributed by atoms with E-state index in [2.05, 4.69) is 4.98 Å². The second-order valence-electron chi connectivity index (χ2n) is 7.94. The first-order chi connectivity index (χ1) is 15.6. The van der Waals surface area contributed by atoms with E-state index in [-0.39, 0.29) is 40.1 Å². The minimum absolute atomic E-state index is 0.0107. The lowest BCUT2D eigenvalue weighted by Gasteiger charge is -2.35. The van der Waals surface area contributed by atoms with Crippen LogP contribution in [0.4, 0.5) is 13.2 Å². The van der Waals surface area contributed by atoms with Crippen molar-refractivity contribution < 1.29 is 22.7 Å². The highest BCUT2D eigenvalue weighted by molar-refractivity contribution is 7.99. The average molecular weight is 478 g/mol. The fourth-order valence-corrected chi connectivity index (χ4v) is 4.77. The minimum atomic E-state index is -4.56. The first kappa shape index (κ1) is 23.3. The molecule has 2 atom stereocenters. The van der Waals surface area contributed by atoms with Crippen LogP contribution in [0.25, 0.3) is 16.6 Å². The third-order valence-corrected chi connectivity index (χ3v) is 6.20. The van der Waals surface area contributed by atoms with Gasteiger partial charge in [-0.05, 0) is 44.2 Å². The standard InChI is InChI=1S/C23H22F3N3O3S/c1-14-11-28(12-15(2)32-14)20(30)13-33-22-27-19-9-4-3-8-18(19)21(31)29(22)17-7-5-6-16(10-17)23(24,25)26/h3-10,14-15H,11-13H2,1-2H3/t14-,15-/m0/s1. The average Bonchev–Trinajstić information content (AvgIpc) is 2.76. The number of alkyl halides is 3. The molecule has 1 saturated heterocycles. The zero-order valence-electron chi connectivity index (χ0n) is 18.0. The van der Waals surface area contributed by atoms with E-state index in [1.165, 1.54) is 12.1 Å². The monoisotopic (exact) mass is 477 g/mol. The first-order valence-corrected chi connectivity index (χ1v) is 11.4. The molecule has 174 valence electrons. The van der Waals surface area contributed by atoms with Crippen molar-refractivity contribution in [2.24, 2.45) is 0 Å². The largest absolute Gasteiger partial charge is 0.416 e. The van der Waals surface area contributed by atoms with Crippen LogP contribution in [0.5, 0.6) is 0 Å². The maximum atomic E-state index is 13.3. The van der Waals surface area contributed by atoms with Crippen molar-refractivity contribution >= 4 is 28.6 Å². The molecule has 1 aromatic heterocycles. The molecule has 1 fully saturated rings. The number of hydrogen-bond donors (Lipinski definition) is 0. The fraction of sp³-hybridized carbons (Fsp3) is 0.348. The predicted octanol–water partition coefficient (Wildman–Crippen LogP) is 4.13. The van der Waals surface area contributed by atoms with Gasteiger partial charge in [0.2, 0.25) is 5.91 Å². The van der Waals surface area contributed by atoms with Crippen LogP contribution in [0.15, 0.2) is 58.5 Å². The number of aromatic nitrogens is 2. The number of benzene rings is 2. The van der Waals surface area contributed by atoms with E-state index in [0.717, 1.165) is 28.5 Å². The lowest BCUT2D eigenvalue weighted by Crippen LogP contribution is -2.48. The number of morpholine rings is 1. The van der Waals surface area contributed by atoms with E-state index in [9.17, 15) is 22.8 Å². The molecule has 33 heavy (non-hydrogen) atoms. The smallest absolute Gasteiger partial charge is 0.372 e. The number of fused-ring (bicyclic) bond motifs is 1. The summed E-state index contributed by atoms with van der Waals surface area (Å²) in [5.74, 6) is -0.164. The van der Waals surface area contributed by atoms with Crippen LogP contribution in [-0.4, -0.2) is 51.4 Å². The van der Waals surface area contributed by atoms with Gasteiger partial charge in [0, 0.05) is 13.1 Å². The zero-order chi connectivity index (χ0) is 23.8. The fourth-order valence-electron chi connectivity index (χ4n) is 3.86. The Morgan fingerprint density at radius 2 is 1.82 bits per heavy atom. The van der Waals surface area contributed by atoms with Gasteiger partial charge in [-0.15, -0.1) is 0 Å². The van der Waals surface area contributed by atoms with Gasteiger partial charge >= 0.3 is 6.18 Å². The van der Waals surface area contributed by atoms with Crippen molar-refractivity contribution in [3.63, 3.8) is 0 Å². The van der Waals surface area contributed by atoms with Crippen molar-refractivity contribution in [2.45, 2.75) is 37.4 Å². The molecule has 0 unspecified atom stereocenters. The molecule has 0 saturated carbocycles. The van der Waals surface area contributed by atoms with Crippen LogP contribution < -0.4 is 5.56 Å². The van der Waals surface area contributed by atoms with Gasteiger partial charge in [-0.2, -0.15) is 13.2 Å². The molecule has 10 heteroatoms. The summed E-state index contributed by atoms with van der Waals surface area (Å²) in [6.07, 6.45) is -4.74. The third-order valence-electron chi connectivity index (χ3n) is 5.27. The van der Waals surface area contributed by atoms with Crippen LogP contribution in [0.2, 0.25) is 0 Å². The van der Waals surface area contributed by atoms with Gasteiger partial charge in [0.25, 0.3) is 5.56 Å². The number of halogens is 3. The number of ether oxygens (including phenoxy) is 1. The Morgan fingerprint density at radius 1 is 1.12 bits per heavy atom. The summed E-state index contributed by atoms with van der Waals surface area (Å²) in [7, 11) is 0. The summed E-state index contributed by atoms with van der Waals surface area (Å²) < 4.78 is 46.7. The molecule has 2 heterocycles. The molecular weight excluding hydrogens is 455 g/mol. The lowest BCUT2D eigenvalue weighted by molar-refractivity contribution is -0.140. The van der Waals surface area contributed by atoms with Crippen molar-refractivity contribution in [3.8, 4) is 5.69 Å². The van der Waals surface area contributed by atoms with Crippen LogP contribution >= 0.6 is 11.8 Å². The first-order valence-electron chi connectivity index (χ1n) is 10.4. The second kappa shape index (κ2) is 9.18. The van der Waals surface area contributed by atoms with Crippen LogP contribution in [0.3, 0.4) is 0 Å². The number of para-hydroxylation sites is 1. The molecule has 0 spiro atoms. The molecule has 4 rings (SSSR count). The Balaban J connectivity index is 1.72. The number of rotatable bonds is 4. The predicted molar refractivity (Wildman–Crippen MR) is 120 cm³/mol. The number of carbonyl (C=O) groups is 1. The van der Waals surface area contributed by atoms with Crippen LogP contribution in [0, 0.1) is 0 Å². The summed E-state index contributed by atoms with van der Waals surface area (Å²) in [6.45, 7) is 4.68. The summed E-state index contributed by atoms with van der Waals surface area (Å²) >= 11 is 1.03. The molecule has 0 N–H and O–H groups in total. The van der Waals surface area contributed by atoms with Gasteiger partial charge in [0.05, 0.1) is 40.1 Å². The highest BCUT2D eigenvalue weighted by Gasteiger charge is 2.31. The van der Waals surface area contributed by atoms with E-state index < -0.39 is 17.3 Å². The molecule has 0 radical (unpaired) electrons. The van der Waals surface area contributed by atoms with Crippen molar-refractivity contribution in [3.05, 3.63) is 64.4 Å². The molecule has 6 nitrogen and oxygen atoms in total. The highest BCUT2D eigenvalue weighted by Crippen LogP contribution is 2.31. The quantitative estimate of drug-likeness (QED) is 0.418. The SMILES string of the molecule is C[C@H]1CN(C(=O)CSc2nc3ccccc3c(=O)n2-c2cccc(C(F)(F)F)c2)C[C@H](C)O1. The zero-order valence-corrected chi connectivity index (χ0v) is 18.8. The Morgan fingerprint density at radius 3 is 2.52 bits per heavy atom. The Bertz CT molecular complexity index is 1230. The van der Waals surface area contributed by atoms with Gasteiger partial charge in [-0.3, -0.25) is 14.2 Å². The van der Waals surface area contributed by atoms with Crippen LogP contribution in [0.1, 0.15) is 19.4 Å².